The second-order valence-electron chi connectivity index (χ2n) is 6.05. The highest BCUT2D eigenvalue weighted by atomic mass is 79.9. The Kier molecular flexibility index (Phi) is 4.82. The van der Waals surface area contributed by atoms with E-state index < -0.39 is 23.5 Å². The third-order valence-electron chi connectivity index (χ3n) is 4.35. The molecule has 1 N–H and O–H groups in total. The molecule has 4 rings (SSSR count). The van der Waals surface area contributed by atoms with Gasteiger partial charge >= 0.3 is 5.91 Å². The summed E-state index contributed by atoms with van der Waals surface area (Å²) < 4.78 is 14.0. The molecule has 2 aromatic carbocycles. The molecule has 140 valence electrons. The predicted octanol–water partition coefficient (Wildman–Crippen LogP) is 4.67. The summed E-state index contributed by atoms with van der Waals surface area (Å²) in [4.78, 5) is 31.1. The number of thiazole rings is 1. The topological polar surface area (TPSA) is 70.5 Å². The Morgan fingerprint density at radius 1 is 1.18 bits per heavy atom. The molecule has 0 aliphatic carbocycles. The van der Waals surface area contributed by atoms with Crippen LogP contribution in [0.2, 0.25) is 0 Å². The highest BCUT2D eigenvalue weighted by molar-refractivity contribution is 9.10. The summed E-state index contributed by atoms with van der Waals surface area (Å²) in [6.45, 7) is 0. The number of aromatic nitrogens is 1. The van der Waals surface area contributed by atoms with Gasteiger partial charge in [0.2, 0.25) is 0 Å². The summed E-state index contributed by atoms with van der Waals surface area (Å²) >= 11 is 4.61. The SMILES string of the molecule is O=C1C(=O)N(c2nccs2)[C@@H](c2cccc(Br)c2)/C1=C(\O)c1ccc(F)cc1. The second-order valence-corrected chi connectivity index (χ2v) is 7.83. The van der Waals surface area contributed by atoms with Crippen molar-refractivity contribution in [2.45, 2.75) is 6.04 Å². The van der Waals surface area contributed by atoms with E-state index in [9.17, 15) is 19.1 Å². The number of carbonyl (C=O) groups excluding carboxylic acids is 2. The van der Waals surface area contributed by atoms with Crippen molar-refractivity contribution in [3.05, 3.63) is 87.1 Å². The fraction of sp³-hybridized carbons (Fsp3) is 0.0500. The number of hydrogen-bond donors (Lipinski definition) is 1. The van der Waals surface area contributed by atoms with Gasteiger partial charge in [0, 0.05) is 21.6 Å². The van der Waals surface area contributed by atoms with Crippen LogP contribution in [0.4, 0.5) is 9.52 Å². The van der Waals surface area contributed by atoms with Gasteiger partial charge in [-0.3, -0.25) is 14.5 Å². The molecular formula is C20H12BrFN2O3S. The van der Waals surface area contributed by atoms with Gasteiger partial charge in [-0.2, -0.15) is 0 Å². The number of amides is 1. The molecule has 1 amide bonds. The van der Waals surface area contributed by atoms with E-state index in [1.165, 1.54) is 46.7 Å². The van der Waals surface area contributed by atoms with Gasteiger partial charge in [0.15, 0.2) is 5.13 Å². The van der Waals surface area contributed by atoms with Crippen molar-refractivity contribution in [3.8, 4) is 0 Å². The molecule has 0 spiro atoms. The maximum atomic E-state index is 13.3. The molecule has 0 bridgehead atoms. The molecule has 1 aromatic heterocycles. The normalized spacial score (nSPS) is 18.6. The van der Waals surface area contributed by atoms with E-state index >= 15 is 0 Å². The highest BCUT2D eigenvalue weighted by Crippen LogP contribution is 2.43. The number of anilines is 1. The molecule has 0 saturated carbocycles. The zero-order valence-corrected chi connectivity index (χ0v) is 16.6. The Bertz CT molecular complexity index is 1100. The lowest BCUT2D eigenvalue weighted by atomic mass is 9.95. The van der Waals surface area contributed by atoms with E-state index in [2.05, 4.69) is 20.9 Å². The first-order valence-corrected chi connectivity index (χ1v) is 9.86. The van der Waals surface area contributed by atoms with Crippen LogP contribution in [0.15, 0.2) is 70.2 Å². The van der Waals surface area contributed by atoms with Crippen LogP contribution in [0.5, 0.6) is 0 Å². The Labute approximate surface area is 171 Å². The summed E-state index contributed by atoms with van der Waals surface area (Å²) in [5.41, 5.74) is 0.816. The number of nitrogens with zero attached hydrogens (tertiary/aromatic N) is 2. The van der Waals surface area contributed by atoms with Crippen molar-refractivity contribution in [2.24, 2.45) is 0 Å². The average Bonchev–Trinajstić information content (AvgIpc) is 3.29. The van der Waals surface area contributed by atoms with Crippen molar-refractivity contribution in [1.29, 1.82) is 0 Å². The number of aliphatic hydroxyl groups is 1. The summed E-state index contributed by atoms with van der Waals surface area (Å²) in [5.74, 6) is -2.42. The van der Waals surface area contributed by atoms with Gasteiger partial charge < -0.3 is 5.11 Å². The maximum absolute atomic E-state index is 13.3. The zero-order chi connectivity index (χ0) is 19.8. The largest absolute Gasteiger partial charge is 0.507 e. The molecule has 2 heterocycles. The lowest BCUT2D eigenvalue weighted by Gasteiger charge is -2.23. The maximum Gasteiger partial charge on any atom is 0.301 e. The first kappa shape index (κ1) is 18.5. The number of halogens is 2. The molecule has 5 nitrogen and oxygen atoms in total. The van der Waals surface area contributed by atoms with Crippen LogP contribution in [-0.4, -0.2) is 21.8 Å². The van der Waals surface area contributed by atoms with Crippen molar-refractivity contribution >= 4 is 49.8 Å². The van der Waals surface area contributed by atoms with Gasteiger partial charge in [-0.25, -0.2) is 9.37 Å². The van der Waals surface area contributed by atoms with Gasteiger partial charge in [0.05, 0.1) is 11.6 Å². The van der Waals surface area contributed by atoms with Crippen molar-refractivity contribution in [2.75, 3.05) is 4.90 Å². The monoisotopic (exact) mass is 458 g/mol. The number of carbonyl (C=O) groups is 2. The summed E-state index contributed by atoms with van der Waals surface area (Å²) in [5, 5.41) is 12.9. The minimum Gasteiger partial charge on any atom is -0.507 e. The summed E-state index contributed by atoms with van der Waals surface area (Å²) in [7, 11) is 0. The Morgan fingerprint density at radius 2 is 1.93 bits per heavy atom. The van der Waals surface area contributed by atoms with Gasteiger partial charge in [-0.05, 0) is 42.0 Å². The van der Waals surface area contributed by atoms with Crippen LogP contribution >= 0.6 is 27.3 Å². The lowest BCUT2D eigenvalue weighted by Crippen LogP contribution is -2.29. The molecule has 1 saturated heterocycles. The lowest BCUT2D eigenvalue weighted by molar-refractivity contribution is -0.132. The standard InChI is InChI=1S/C20H12BrFN2O3S/c21-13-3-1-2-12(10-13)16-15(17(25)11-4-6-14(22)7-5-11)18(26)19(27)24(16)20-23-8-9-28-20/h1-10,16,25H/b17-15+/t16-/m0/s1. The third kappa shape index (κ3) is 3.14. The first-order chi connectivity index (χ1) is 13.5. The van der Waals surface area contributed by atoms with Crippen molar-refractivity contribution in [1.82, 2.24) is 4.98 Å². The minimum absolute atomic E-state index is 0.0649. The van der Waals surface area contributed by atoms with E-state index in [-0.39, 0.29) is 16.9 Å². The van der Waals surface area contributed by atoms with E-state index in [1.54, 1.807) is 23.6 Å². The highest BCUT2D eigenvalue weighted by Gasteiger charge is 2.47. The van der Waals surface area contributed by atoms with Crippen LogP contribution in [0.1, 0.15) is 17.2 Å². The molecule has 28 heavy (non-hydrogen) atoms. The van der Waals surface area contributed by atoms with E-state index in [0.717, 1.165) is 4.47 Å². The molecule has 1 fully saturated rings. The molecule has 1 atom stereocenters. The van der Waals surface area contributed by atoms with Gasteiger partial charge in [-0.1, -0.05) is 28.1 Å². The number of rotatable bonds is 3. The van der Waals surface area contributed by atoms with Crippen LogP contribution < -0.4 is 4.90 Å². The Balaban J connectivity index is 1.95. The number of ketones is 1. The molecule has 1 aliphatic rings. The molecule has 0 unspecified atom stereocenters. The first-order valence-electron chi connectivity index (χ1n) is 8.19. The van der Waals surface area contributed by atoms with E-state index in [0.29, 0.717) is 10.7 Å². The number of aliphatic hydroxyl groups excluding tert-OH is 1. The number of Topliss-reactive ketones (excluding diaryl/α,β-unsaturated/α-hetero) is 1. The van der Waals surface area contributed by atoms with Crippen molar-refractivity contribution in [3.63, 3.8) is 0 Å². The fourth-order valence-electron chi connectivity index (χ4n) is 3.12. The Hall–Kier alpha value is -2.84. The van der Waals surface area contributed by atoms with E-state index in [4.69, 9.17) is 0 Å². The predicted molar refractivity (Wildman–Crippen MR) is 107 cm³/mol. The van der Waals surface area contributed by atoms with Crippen LogP contribution in [0.25, 0.3) is 5.76 Å². The summed E-state index contributed by atoms with van der Waals surface area (Å²) in [6, 6.07) is 11.4. The average molecular weight is 459 g/mol. The minimum atomic E-state index is -0.853. The smallest absolute Gasteiger partial charge is 0.301 e. The number of benzene rings is 2. The van der Waals surface area contributed by atoms with Gasteiger partial charge in [-0.15, -0.1) is 11.3 Å². The molecule has 8 heteroatoms. The van der Waals surface area contributed by atoms with E-state index in [1.807, 2.05) is 6.07 Å². The molecule has 0 radical (unpaired) electrons. The van der Waals surface area contributed by atoms with Crippen LogP contribution in [0, 0.1) is 5.82 Å². The molecule has 3 aromatic rings. The van der Waals surface area contributed by atoms with Crippen LogP contribution in [0.3, 0.4) is 0 Å². The zero-order valence-electron chi connectivity index (χ0n) is 14.2. The molecular weight excluding hydrogens is 447 g/mol. The molecule has 1 aliphatic heterocycles. The third-order valence-corrected chi connectivity index (χ3v) is 5.62. The summed E-state index contributed by atoms with van der Waals surface area (Å²) in [6.07, 6.45) is 1.54. The quantitative estimate of drug-likeness (QED) is 0.351. The van der Waals surface area contributed by atoms with Crippen LogP contribution in [-0.2, 0) is 9.59 Å². The number of hydrogen-bond acceptors (Lipinski definition) is 5. The Morgan fingerprint density at radius 3 is 2.57 bits per heavy atom. The van der Waals surface area contributed by atoms with Gasteiger partial charge in [0.1, 0.15) is 11.6 Å². The second kappa shape index (κ2) is 7.29. The van der Waals surface area contributed by atoms with Gasteiger partial charge in [0.25, 0.3) is 5.78 Å². The fourth-order valence-corrected chi connectivity index (χ4v) is 4.20. The van der Waals surface area contributed by atoms with Crippen molar-refractivity contribution < 1.29 is 19.1 Å².